The van der Waals surface area contributed by atoms with Crippen molar-refractivity contribution in [1.29, 1.82) is 0 Å². The van der Waals surface area contributed by atoms with Crippen LogP contribution in [0, 0.1) is 0 Å². The highest BCUT2D eigenvalue weighted by atomic mass is 28.4. The maximum absolute atomic E-state index is 10.9. The van der Waals surface area contributed by atoms with Crippen LogP contribution in [0.1, 0.15) is 59.8 Å². The van der Waals surface area contributed by atoms with Gasteiger partial charge in [-0.25, -0.2) is 0 Å². The molecule has 0 saturated carbocycles. The van der Waals surface area contributed by atoms with E-state index in [1.165, 1.54) is 0 Å². The van der Waals surface area contributed by atoms with Crippen LogP contribution in [0.5, 0.6) is 0 Å². The van der Waals surface area contributed by atoms with Gasteiger partial charge in [-0.2, -0.15) is 0 Å². The Morgan fingerprint density at radius 3 is 2.26 bits per heavy atom. The van der Waals surface area contributed by atoms with Crippen molar-refractivity contribution in [1.82, 2.24) is 0 Å². The molecule has 19 heavy (non-hydrogen) atoms. The summed E-state index contributed by atoms with van der Waals surface area (Å²) in [6, 6.07) is 0. The molecule has 0 aliphatic carbocycles. The third-order valence-corrected chi connectivity index (χ3v) is 8.65. The van der Waals surface area contributed by atoms with Crippen LogP contribution in [0.15, 0.2) is 0 Å². The smallest absolute Gasteiger partial charge is 0.192 e. The molecule has 0 unspecified atom stereocenters. The zero-order chi connectivity index (χ0) is 15.1. The predicted molar refractivity (Wildman–Crippen MR) is 82.9 cm³/mol. The molecule has 3 nitrogen and oxygen atoms in total. The van der Waals surface area contributed by atoms with Gasteiger partial charge < -0.3 is 9.53 Å². The van der Waals surface area contributed by atoms with Crippen LogP contribution in [-0.2, 0) is 9.22 Å². The van der Waals surface area contributed by atoms with Gasteiger partial charge in [0.1, 0.15) is 6.61 Å². The Labute approximate surface area is 119 Å². The fraction of sp³-hybridized carbons (Fsp3) is 0.933. The molecule has 0 amide bonds. The Balaban J connectivity index is 3.82. The summed E-state index contributed by atoms with van der Waals surface area (Å²) in [7, 11) is -1.65. The van der Waals surface area contributed by atoms with Crippen molar-refractivity contribution in [3.05, 3.63) is 0 Å². The van der Waals surface area contributed by atoms with Crippen LogP contribution in [0.25, 0.3) is 0 Å². The van der Waals surface area contributed by atoms with Crippen molar-refractivity contribution in [3.63, 3.8) is 0 Å². The first-order valence-electron chi connectivity index (χ1n) is 7.40. The Hall–Kier alpha value is -0.193. The van der Waals surface area contributed by atoms with Crippen molar-refractivity contribution >= 4 is 14.1 Å². The summed E-state index contributed by atoms with van der Waals surface area (Å²) in [6.07, 6.45) is 4.88. The number of aliphatic hydroxyl groups is 1. The number of ketones is 1. The summed E-state index contributed by atoms with van der Waals surface area (Å²) in [5, 5.41) is 8.88. The molecule has 1 N–H and O–H groups in total. The highest BCUT2D eigenvalue weighted by Crippen LogP contribution is 2.37. The van der Waals surface area contributed by atoms with Crippen molar-refractivity contribution < 1.29 is 14.3 Å². The molecule has 0 aliphatic rings. The number of unbranched alkanes of at least 4 members (excludes halogenated alkanes) is 2. The molecule has 0 rings (SSSR count). The van der Waals surface area contributed by atoms with Crippen LogP contribution in [0.4, 0.5) is 0 Å². The van der Waals surface area contributed by atoms with Gasteiger partial charge in [-0.15, -0.1) is 0 Å². The summed E-state index contributed by atoms with van der Waals surface area (Å²) in [4.78, 5) is 10.9. The molecule has 0 spiro atoms. The second-order valence-electron chi connectivity index (χ2n) is 6.98. The Kier molecular flexibility index (Phi) is 8.09. The van der Waals surface area contributed by atoms with Crippen LogP contribution in [0.2, 0.25) is 18.1 Å². The van der Waals surface area contributed by atoms with Crippen molar-refractivity contribution in [2.75, 3.05) is 6.61 Å². The molecule has 0 aliphatic heterocycles. The Morgan fingerprint density at radius 2 is 1.79 bits per heavy atom. The number of Topliss-reactive ketones (excluding diaryl/α,β-unsaturated/α-hetero) is 1. The molecule has 0 heterocycles. The summed E-state index contributed by atoms with van der Waals surface area (Å²) >= 11 is 0. The van der Waals surface area contributed by atoms with Crippen LogP contribution in [0.3, 0.4) is 0 Å². The lowest BCUT2D eigenvalue weighted by atomic mass is 10.1. The fourth-order valence-corrected chi connectivity index (χ4v) is 3.23. The second-order valence-corrected chi connectivity index (χ2v) is 11.7. The zero-order valence-electron chi connectivity index (χ0n) is 13.6. The minimum absolute atomic E-state index is 0.0504. The normalized spacial score (nSPS) is 14.5. The molecule has 0 bridgehead atoms. The highest BCUT2D eigenvalue weighted by molar-refractivity contribution is 6.74. The minimum Gasteiger partial charge on any atom is -0.414 e. The fourth-order valence-electron chi connectivity index (χ4n) is 1.75. The van der Waals surface area contributed by atoms with Crippen LogP contribution >= 0.6 is 0 Å². The second kappa shape index (κ2) is 8.17. The molecule has 0 aromatic heterocycles. The third kappa shape index (κ3) is 7.85. The Morgan fingerprint density at radius 1 is 1.21 bits per heavy atom. The molecule has 114 valence electrons. The number of aliphatic hydroxyl groups excluding tert-OH is 1. The number of rotatable bonds is 9. The minimum atomic E-state index is -1.65. The topological polar surface area (TPSA) is 46.5 Å². The summed E-state index contributed by atoms with van der Waals surface area (Å²) in [5.41, 5.74) is 0. The molecule has 4 heteroatoms. The van der Waals surface area contributed by atoms with E-state index in [2.05, 4.69) is 40.8 Å². The molecule has 0 fully saturated rings. The van der Waals surface area contributed by atoms with E-state index in [0.717, 1.165) is 25.7 Å². The quantitative estimate of drug-likeness (QED) is 0.517. The van der Waals surface area contributed by atoms with Gasteiger partial charge in [-0.3, -0.25) is 4.79 Å². The van der Waals surface area contributed by atoms with Crippen molar-refractivity contribution in [3.8, 4) is 0 Å². The largest absolute Gasteiger partial charge is 0.414 e. The zero-order valence-corrected chi connectivity index (χ0v) is 14.6. The molecule has 0 saturated heterocycles. The van der Waals surface area contributed by atoms with Gasteiger partial charge in [-0.05, 0) is 37.9 Å². The SMILES string of the molecule is C[C@H](CCCCCC(=O)CO)O[Si](C)(C)C(C)(C)C. The van der Waals surface area contributed by atoms with E-state index in [9.17, 15) is 4.79 Å². The summed E-state index contributed by atoms with van der Waals surface area (Å²) in [6.45, 7) is 13.2. The van der Waals surface area contributed by atoms with Gasteiger partial charge in [0.15, 0.2) is 14.1 Å². The highest BCUT2D eigenvalue weighted by Gasteiger charge is 2.38. The van der Waals surface area contributed by atoms with Gasteiger partial charge >= 0.3 is 0 Å². The molecule has 0 aromatic carbocycles. The van der Waals surface area contributed by atoms with E-state index >= 15 is 0 Å². The number of hydrogen-bond acceptors (Lipinski definition) is 3. The summed E-state index contributed by atoms with van der Waals surface area (Å²) in [5.74, 6) is -0.0504. The van der Waals surface area contributed by atoms with Gasteiger partial charge in [0.25, 0.3) is 0 Å². The average molecular weight is 289 g/mol. The van der Waals surface area contributed by atoms with E-state index in [4.69, 9.17) is 9.53 Å². The standard InChI is InChI=1S/C15H32O3Si/c1-13(18-19(5,6)15(2,3)4)10-8-7-9-11-14(17)12-16/h13,16H,7-12H2,1-6H3/t13-/m1/s1. The number of carbonyl (C=O) groups excluding carboxylic acids is 1. The number of carbonyl (C=O) groups is 1. The lowest BCUT2D eigenvalue weighted by Crippen LogP contribution is -2.43. The third-order valence-electron chi connectivity index (χ3n) is 4.04. The first-order chi connectivity index (χ1) is 8.60. The lowest BCUT2D eigenvalue weighted by Gasteiger charge is -2.38. The van der Waals surface area contributed by atoms with E-state index in [-0.39, 0.29) is 17.4 Å². The summed E-state index contributed by atoms with van der Waals surface area (Å²) < 4.78 is 6.28. The van der Waals surface area contributed by atoms with Crippen LogP contribution in [-0.4, -0.2) is 31.9 Å². The monoisotopic (exact) mass is 288 g/mol. The van der Waals surface area contributed by atoms with E-state index in [0.29, 0.717) is 12.5 Å². The number of hydrogen-bond donors (Lipinski definition) is 1. The maximum atomic E-state index is 10.9. The first-order valence-corrected chi connectivity index (χ1v) is 10.3. The predicted octanol–water partition coefficient (Wildman–Crippen LogP) is 3.91. The average Bonchev–Trinajstić information content (AvgIpc) is 2.25. The molecular formula is C15H32O3Si. The van der Waals surface area contributed by atoms with Gasteiger partial charge in [0.2, 0.25) is 0 Å². The van der Waals surface area contributed by atoms with Crippen molar-refractivity contribution in [2.45, 2.75) is 84.0 Å². The molecule has 0 aromatic rings. The first kappa shape index (κ1) is 18.8. The molecule has 1 atom stereocenters. The van der Waals surface area contributed by atoms with Gasteiger partial charge in [0, 0.05) is 12.5 Å². The van der Waals surface area contributed by atoms with Gasteiger partial charge in [-0.1, -0.05) is 33.6 Å². The Bertz CT molecular complexity index is 269. The van der Waals surface area contributed by atoms with E-state index in [1.807, 2.05) is 0 Å². The maximum Gasteiger partial charge on any atom is 0.192 e. The molecule has 0 radical (unpaired) electrons. The van der Waals surface area contributed by atoms with E-state index in [1.54, 1.807) is 0 Å². The lowest BCUT2D eigenvalue weighted by molar-refractivity contribution is -0.121. The van der Waals surface area contributed by atoms with Gasteiger partial charge in [0.05, 0.1) is 0 Å². The van der Waals surface area contributed by atoms with Crippen LogP contribution < -0.4 is 0 Å². The van der Waals surface area contributed by atoms with E-state index < -0.39 is 8.32 Å². The van der Waals surface area contributed by atoms with Crippen molar-refractivity contribution in [2.24, 2.45) is 0 Å². The molecular weight excluding hydrogens is 256 g/mol.